The molecule has 0 spiro atoms. The Labute approximate surface area is 276 Å². The molecule has 1 aromatic rings. The number of ether oxygens (including phenoxy) is 5. The van der Waals surface area contributed by atoms with Crippen molar-refractivity contribution in [1.29, 1.82) is 0 Å². The van der Waals surface area contributed by atoms with Crippen LogP contribution in [0.5, 0.6) is 0 Å². The fourth-order valence-electron chi connectivity index (χ4n) is 10.2. The first-order valence-corrected chi connectivity index (χ1v) is 17.6. The number of aliphatic hydroxyl groups excluding tert-OH is 2. The van der Waals surface area contributed by atoms with Crippen molar-refractivity contribution >= 4 is 11.8 Å². The Balaban J connectivity index is 1.35. The van der Waals surface area contributed by atoms with Crippen molar-refractivity contribution in [2.45, 2.75) is 139 Å². The Kier molecular flexibility index (Phi) is 7.92. The van der Waals surface area contributed by atoms with Crippen LogP contribution in [0.25, 0.3) is 0 Å². The molecule has 0 radical (unpaired) electrons. The van der Waals surface area contributed by atoms with Gasteiger partial charge in [-0.05, 0) is 25.3 Å². The molecule has 3 aliphatic carbocycles. The Bertz CT molecular complexity index is 1430. The number of epoxide rings is 1. The standard InChI is InChI=1S/C37H50O10/c1-6-7-8-9-10-11-15-18-26(40)43-28-23(4)36-27(29-33(21-38,44-29)31(41)35(42)25(39)19-20-32(35,36)5)30-34(28,22(2)3)46-37(45-30,47-36)24-16-13-12-14-17-24/h12-14,16-17,19-20,22-23,27-31,38,41-42H,6-11,15,18,21H2,1-5H3/t23-,27+,28-,29+,30?,31-,32-,33+,34?,35-,36?,37?/m1/s1. The van der Waals surface area contributed by atoms with E-state index in [0.717, 1.165) is 19.3 Å². The summed E-state index contributed by atoms with van der Waals surface area (Å²) < 4.78 is 34.0. The first-order chi connectivity index (χ1) is 22.4. The van der Waals surface area contributed by atoms with Crippen molar-refractivity contribution in [3.8, 4) is 0 Å². The van der Waals surface area contributed by atoms with Crippen LogP contribution < -0.4 is 0 Å². The minimum Gasteiger partial charge on any atom is -0.459 e. The summed E-state index contributed by atoms with van der Waals surface area (Å²) in [6.07, 6.45) is 6.23. The van der Waals surface area contributed by atoms with E-state index in [-0.39, 0.29) is 18.3 Å². The zero-order valence-corrected chi connectivity index (χ0v) is 28.1. The lowest BCUT2D eigenvalue weighted by molar-refractivity contribution is -0.450. The molecule has 0 aromatic heterocycles. The van der Waals surface area contributed by atoms with Gasteiger partial charge < -0.3 is 39.0 Å². The van der Waals surface area contributed by atoms with E-state index in [1.165, 1.54) is 25.3 Å². The highest BCUT2D eigenvalue weighted by Crippen LogP contribution is 2.76. The summed E-state index contributed by atoms with van der Waals surface area (Å²) in [5.41, 5.74) is -7.81. The average molecular weight is 655 g/mol. The molecule has 0 amide bonds. The highest BCUT2D eigenvalue weighted by molar-refractivity contribution is 6.02. The Morgan fingerprint density at radius 2 is 1.68 bits per heavy atom. The third kappa shape index (κ3) is 4.03. The zero-order valence-electron chi connectivity index (χ0n) is 28.1. The summed E-state index contributed by atoms with van der Waals surface area (Å²) in [4.78, 5) is 27.4. The molecule has 3 bridgehead atoms. The van der Waals surface area contributed by atoms with Gasteiger partial charge in [0.05, 0.1) is 12.0 Å². The van der Waals surface area contributed by atoms with Crippen LogP contribution in [0.3, 0.4) is 0 Å². The largest absolute Gasteiger partial charge is 0.459 e. The molecule has 10 nitrogen and oxygen atoms in total. The van der Waals surface area contributed by atoms with E-state index >= 15 is 0 Å². The first kappa shape index (κ1) is 33.3. The van der Waals surface area contributed by atoms with Gasteiger partial charge in [0.1, 0.15) is 41.2 Å². The van der Waals surface area contributed by atoms with Gasteiger partial charge in [-0.1, -0.05) is 103 Å². The number of carbonyl (C=O) groups is 2. The minimum absolute atomic E-state index is 0.246. The number of esters is 1. The van der Waals surface area contributed by atoms with Gasteiger partial charge in [0.15, 0.2) is 11.4 Å². The lowest BCUT2D eigenvalue weighted by Gasteiger charge is -2.65. The summed E-state index contributed by atoms with van der Waals surface area (Å²) in [5, 5.41) is 35.1. The number of hydrogen-bond acceptors (Lipinski definition) is 10. The van der Waals surface area contributed by atoms with E-state index in [9.17, 15) is 24.9 Å². The molecule has 10 heteroatoms. The molecule has 3 aliphatic heterocycles. The Morgan fingerprint density at radius 3 is 2.34 bits per heavy atom. The van der Waals surface area contributed by atoms with Crippen molar-refractivity contribution in [2.24, 2.45) is 23.2 Å². The molecule has 12 atom stereocenters. The maximum absolute atomic E-state index is 13.7. The third-order valence-electron chi connectivity index (χ3n) is 12.8. The lowest BCUT2D eigenvalue weighted by atomic mass is 9.47. The minimum atomic E-state index is -2.42. The monoisotopic (exact) mass is 654 g/mol. The van der Waals surface area contributed by atoms with Crippen LogP contribution in [0.15, 0.2) is 42.5 Å². The van der Waals surface area contributed by atoms with Gasteiger partial charge in [0.2, 0.25) is 0 Å². The van der Waals surface area contributed by atoms with Gasteiger partial charge in [-0.25, -0.2) is 0 Å². The van der Waals surface area contributed by atoms with Crippen LogP contribution in [-0.2, 0) is 39.2 Å². The summed E-state index contributed by atoms with van der Waals surface area (Å²) in [6, 6.07) is 9.23. The van der Waals surface area contributed by atoms with Gasteiger partial charge in [0, 0.05) is 23.8 Å². The van der Waals surface area contributed by atoms with E-state index < -0.39 is 82.4 Å². The van der Waals surface area contributed by atoms with Gasteiger partial charge >= 0.3 is 11.9 Å². The predicted octanol–water partition coefficient (Wildman–Crippen LogP) is 4.08. The number of benzene rings is 1. The number of carbonyl (C=O) groups excluding carboxylic acids is 2. The molecule has 5 fully saturated rings. The van der Waals surface area contributed by atoms with E-state index in [2.05, 4.69) is 6.92 Å². The van der Waals surface area contributed by atoms with Gasteiger partial charge in [0.25, 0.3) is 0 Å². The molecule has 2 saturated carbocycles. The van der Waals surface area contributed by atoms with E-state index in [1.807, 2.05) is 51.1 Å². The van der Waals surface area contributed by atoms with Crippen molar-refractivity contribution in [3.63, 3.8) is 0 Å². The molecule has 3 heterocycles. The molecule has 258 valence electrons. The van der Waals surface area contributed by atoms with Crippen molar-refractivity contribution in [2.75, 3.05) is 6.61 Å². The van der Waals surface area contributed by atoms with Crippen LogP contribution >= 0.6 is 0 Å². The number of ketones is 1. The highest BCUT2D eigenvalue weighted by Gasteiger charge is 2.93. The van der Waals surface area contributed by atoms with Crippen molar-refractivity contribution < 1.29 is 48.6 Å². The summed E-state index contributed by atoms with van der Waals surface area (Å²) in [7, 11) is 0. The second kappa shape index (κ2) is 11.2. The number of aliphatic hydroxyl groups is 3. The maximum Gasteiger partial charge on any atom is 0.313 e. The lowest BCUT2D eigenvalue weighted by Crippen LogP contribution is -2.80. The zero-order chi connectivity index (χ0) is 33.6. The molecule has 3 N–H and O–H groups in total. The Hall–Kier alpha value is -2.18. The van der Waals surface area contributed by atoms with E-state index in [4.69, 9.17) is 23.7 Å². The quantitative estimate of drug-likeness (QED) is 0.171. The Morgan fingerprint density at radius 1 is 1.00 bits per heavy atom. The maximum atomic E-state index is 13.7. The smallest absolute Gasteiger partial charge is 0.313 e. The highest BCUT2D eigenvalue weighted by atomic mass is 16.9. The van der Waals surface area contributed by atoms with Crippen LogP contribution in [-0.4, -0.2) is 80.5 Å². The second-order valence-electron chi connectivity index (χ2n) is 15.3. The van der Waals surface area contributed by atoms with Crippen LogP contribution in [0, 0.1) is 23.2 Å². The molecule has 1 aromatic carbocycles. The SMILES string of the molecule is CCCCCCCCCC(=O)O[C@@H]1[C@@H](C)C23OC4(c5ccccc5)OC([C@@H]2[C@@H]2O[C@]2(CO)[C@@H](O)[C@]2(O)C(=O)C=C[C@@]32C)C1(C(C)C)O4. The van der Waals surface area contributed by atoms with Gasteiger partial charge in [-0.2, -0.15) is 0 Å². The number of fused-ring (bicyclic) bond motifs is 3. The topological polar surface area (TPSA) is 144 Å². The predicted molar refractivity (Wildman–Crippen MR) is 169 cm³/mol. The molecule has 7 rings (SSSR count). The molecular weight excluding hydrogens is 604 g/mol. The number of rotatable bonds is 12. The van der Waals surface area contributed by atoms with E-state index in [0.29, 0.717) is 12.0 Å². The van der Waals surface area contributed by atoms with Gasteiger partial charge in [-0.3, -0.25) is 9.59 Å². The van der Waals surface area contributed by atoms with E-state index in [1.54, 1.807) is 13.0 Å². The molecule has 6 aliphatic rings. The van der Waals surface area contributed by atoms with Crippen molar-refractivity contribution in [1.82, 2.24) is 0 Å². The fourth-order valence-corrected chi connectivity index (χ4v) is 10.2. The van der Waals surface area contributed by atoms with Crippen molar-refractivity contribution in [3.05, 3.63) is 48.0 Å². The van der Waals surface area contributed by atoms with Gasteiger partial charge in [-0.15, -0.1) is 0 Å². The first-order valence-electron chi connectivity index (χ1n) is 17.6. The number of unbranched alkanes of at least 4 members (excludes halogenated alkanes) is 6. The normalized spacial score (nSPS) is 47.0. The van der Waals surface area contributed by atoms with Crippen LogP contribution in [0.4, 0.5) is 0 Å². The third-order valence-corrected chi connectivity index (χ3v) is 12.8. The average Bonchev–Trinajstić information content (AvgIpc) is 3.68. The molecule has 4 unspecified atom stereocenters. The number of hydrogen-bond donors (Lipinski definition) is 3. The summed E-state index contributed by atoms with van der Waals surface area (Å²) in [6.45, 7) is 9.16. The molecule has 3 saturated heterocycles. The van der Waals surface area contributed by atoms with Crippen LogP contribution in [0.2, 0.25) is 0 Å². The molecular formula is C37H50O10. The molecule has 47 heavy (non-hydrogen) atoms. The summed E-state index contributed by atoms with van der Waals surface area (Å²) >= 11 is 0. The second-order valence-corrected chi connectivity index (χ2v) is 15.3. The summed E-state index contributed by atoms with van der Waals surface area (Å²) in [5.74, 6) is -4.52. The van der Waals surface area contributed by atoms with Crippen LogP contribution in [0.1, 0.15) is 91.5 Å². The fraction of sp³-hybridized carbons (Fsp3) is 0.730.